The maximum atomic E-state index is 9.02. The third-order valence-electron chi connectivity index (χ3n) is 4.75. The molecule has 2 aromatic carbocycles. The second kappa shape index (κ2) is 7.06. The summed E-state index contributed by atoms with van der Waals surface area (Å²) < 4.78 is 5.40. The molecule has 1 saturated heterocycles. The molecule has 5 heteroatoms. The van der Waals surface area contributed by atoms with Crippen molar-refractivity contribution in [2.75, 3.05) is 26.2 Å². The standard InChI is InChI=1S/C20H20N4O/c21-13-16-4-3-5-17(12-16)14-23-8-10-24(11-9-23)15-19-18-6-1-2-7-20(18)25-22-19/h1-7,12H,8-11,14-15H2. The number of hydrogen-bond donors (Lipinski definition) is 0. The van der Waals surface area contributed by atoms with Crippen LogP contribution in [-0.2, 0) is 13.1 Å². The summed E-state index contributed by atoms with van der Waals surface area (Å²) in [5.74, 6) is 0. The smallest absolute Gasteiger partial charge is 0.167 e. The molecule has 126 valence electrons. The van der Waals surface area contributed by atoms with Gasteiger partial charge in [0.1, 0.15) is 5.69 Å². The van der Waals surface area contributed by atoms with Crippen LogP contribution in [0.2, 0.25) is 0 Å². The molecule has 0 amide bonds. The lowest BCUT2D eigenvalue weighted by atomic mass is 10.1. The van der Waals surface area contributed by atoms with Crippen LogP contribution in [0.3, 0.4) is 0 Å². The van der Waals surface area contributed by atoms with Crippen LogP contribution in [0.5, 0.6) is 0 Å². The SMILES string of the molecule is N#Cc1cccc(CN2CCN(Cc3noc4ccccc34)CC2)c1. The first-order chi connectivity index (χ1) is 12.3. The summed E-state index contributed by atoms with van der Waals surface area (Å²) in [4.78, 5) is 4.86. The van der Waals surface area contributed by atoms with Gasteiger partial charge in [0, 0.05) is 44.7 Å². The zero-order valence-corrected chi connectivity index (χ0v) is 14.1. The molecular weight excluding hydrogens is 312 g/mol. The normalized spacial score (nSPS) is 16.1. The quantitative estimate of drug-likeness (QED) is 0.735. The van der Waals surface area contributed by atoms with Gasteiger partial charge in [0.25, 0.3) is 0 Å². The lowest BCUT2D eigenvalue weighted by Crippen LogP contribution is -2.45. The van der Waals surface area contributed by atoms with Gasteiger partial charge in [-0.25, -0.2) is 0 Å². The van der Waals surface area contributed by atoms with Crippen molar-refractivity contribution in [3.05, 3.63) is 65.4 Å². The van der Waals surface area contributed by atoms with Crippen LogP contribution in [0.15, 0.2) is 53.1 Å². The highest BCUT2D eigenvalue weighted by Crippen LogP contribution is 2.20. The fraction of sp³-hybridized carbons (Fsp3) is 0.300. The van der Waals surface area contributed by atoms with Crippen molar-refractivity contribution in [1.82, 2.24) is 15.0 Å². The molecule has 0 saturated carbocycles. The van der Waals surface area contributed by atoms with E-state index in [0.29, 0.717) is 0 Å². The Hall–Kier alpha value is -2.68. The molecule has 0 radical (unpaired) electrons. The molecule has 1 aliphatic rings. The largest absolute Gasteiger partial charge is 0.356 e. The monoisotopic (exact) mass is 332 g/mol. The van der Waals surface area contributed by atoms with Crippen LogP contribution in [0.25, 0.3) is 11.0 Å². The number of benzene rings is 2. The van der Waals surface area contributed by atoms with E-state index in [1.807, 2.05) is 36.4 Å². The Bertz CT molecular complexity index is 903. The second-order valence-electron chi connectivity index (χ2n) is 6.49. The lowest BCUT2D eigenvalue weighted by molar-refractivity contribution is 0.120. The summed E-state index contributed by atoms with van der Waals surface area (Å²) in [6.45, 7) is 5.79. The molecule has 25 heavy (non-hydrogen) atoms. The fourth-order valence-electron chi connectivity index (χ4n) is 3.37. The summed E-state index contributed by atoms with van der Waals surface area (Å²) in [6, 6.07) is 18.1. The first kappa shape index (κ1) is 15.8. The van der Waals surface area contributed by atoms with Crippen molar-refractivity contribution in [2.24, 2.45) is 0 Å². The molecule has 1 aromatic heterocycles. The summed E-state index contributed by atoms with van der Waals surface area (Å²) in [5, 5.41) is 14.4. The van der Waals surface area contributed by atoms with Crippen molar-refractivity contribution in [2.45, 2.75) is 13.1 Å². The Labute approximate surface area is 147 Å². The zero-order chi connectivity index (χ0) is 17.1. The maximum absolute atomic E-state index is 9.02. The minimum atomic E-state index is 0.731. The van der Waals surface area contributed by atoms with E-state index in [2.05, 4.69) is 33.2 Å². The molecule has 4 rings (SSSR count). The fourth-order valence-corrected chi connectivity index (χ4v) is 3.37. The number of nitriles is 1. The molecule has 0 spiro atoms. The van der Waals surface area contributed by atoms with Crippen LogP contribution >= 0.6 is 0 Å². The average Bonchev–Trinajstić information content (AvgIpc) is 3.07. The van der Waals surface area contributed by atoms with E-state index in [1.165, 1.54) is 5.56 Å². The molecule has 5 nitrogen and oxygen atoms in total. The molecule has 0 atom stereocenters. The van der Waals surface area contributed by atoms with Crippen LogP contribution in [0.1, 0.15) is 16.8 Å². The first-order valence-electron chi connectivity index (χ1n) is 8.59. The third kappa shape index (κ3) is 3.55. The summed E-state index contributed by atoms with van der Waals surface area (Å²) in [6.07, 6.45) is 0. The van der Waals surface area contributed by atoms with Crippen molar-refractivity contribution in [3.8, 4) is 6.07 Å². The highest BCUT2D eigenvalue weighted by atomic mass is 16.5. The van der Waals surface area contributed by atoms with E-state index in [4.69, 9.17) is 9.78 Å². The van der Waals surface area contributed by atoms with Gasteiger partial charge in [-0.2, -0.15) is 5.26 Å². The van der Waals surface area contributed by atoms with Gasteiger partial charge in [0.2, 0.25) is 0 Å². The lowest BCUT2D eigenvalue weighted by Gasteiger charge is -2.34. The Morgan fingerprint density at radius 1 is 0.960 bits per heavy atom. The van der Waals surface area contributed by atoms with Crippen molar-refractivity contribution in [1.29, 1.82) is 5.26 Å². The minimum absolute atomic E-state index is 0.731. The molecular formula is C20H20N4O. The number of rotatable bonds is 4. The van der Waals surface area contributed by atoms with Crippen molar-refractivity contribution in [3.63, 3.8) is 0 Å². The molecule has 1 aliphatic heterocycles. The Morgan fingerprint density at radius 3 is 2.52 bits per heavy atom. The highest BCUT2D eigenvalue weighted by molar-refractivity contribution is 5.79. The van der Waals surface area contributed by atoms with Crippen LogP contribution < -0.4 is 0 Å². The molecule has 0 N–H and O–H groups in total. The predicted molar refractivity (Wildman–Crippen MR) is 95.7 cm³/mol. The first-order valence-corrected chi connectivity index (χ1v) is 8.59. The van der Waals surface area contributed by atoms with E-state index in [-0.39, 0.29) is 0 Å². The van der Waals surface area contributed by atoms with Crippen LogP contribution in [-0.4, -0.2) is 41.1 Å². The number of fused-ring (bicyclic) bond motifs is 1. The Kier molecular flexibility index (Phi) is 4.47. The molecule has 2 heterocycles. The predicted octanol–water partition coefficient (Wildman–Crippen LogP) is 3.02. The number of para-hydroxylation sites is 1. The van der Waals surface area contributed by atoms with Gasteiger partial charge in [-0.15, -0.1) is 0 Å². The Morgan fingerprint density at radius 2 is 1.72 bits per heavy atom. The zero-order valence-electron chi connectivity index (χ0n) is 14.1. The third-order valence-corrected chi connectivity index (χ3v) is 4.75. The summed E-state index contributed by atoms with van der Waals surface area (Å²) >= 11 is 0. The molecule has 0 bridgehead atoms. The van der Waals surface area contributed by atoms with Gasteiger partial charge >= 0.3 is 0 Å². The van der Waals surface area contributed by atoms with Gasteiger partial charge in [0.05, 0.1) is 11.6 Å². The van der Waals surface area contributed by atoms with E-state index >= 15 is 0 Å². The molecule has 0 aliphatic carbocycles. The van der Waals surface area contributed by atoms with E-state index in [1.54, 1.807) is 0 Å². The number of nitrogens with zero attached hydrogens (tertiary/aromatic N) is 4. The summed E-state index contributed by atoms with van der Waals surface area (Å²) in [5.41, 5.74) is 3.81. The van der Waals surface area contributed by atoms with Crippen LogP contribution in [0, 0.1) is 11.3 Å². The second-order valence-corrected chi connectivity index (χ2v) is 6.49. The minimum Gasteiger partial charge on any atom is -0.356 e. The highest BCUT2D eigenvalue weighted by Gasteiger charge is 2.19. The maximum Gasteiger partial charge on any atom is 0.167 e. The molecule has 0 unspecified atom stereocenters. The average molecular weight is 332 g/mol. The van der Waals surface area contributed by atoms with Gasteiger partial charge in [-0.1, -0.05) is 29.4 Å². The number of hydrogen-bond acceptors (Lipinski definition) is 5. The Balaban J connectivity index is 1.34. The number of aromatic nitrogens is 1. The van der Waals surface area contributed by atoms with Crippen molar-refractivity contribution < 1.29 is 4.52 Å². The molecule has 3 aromatic rings. The van der Waals surface area contributed by atoms with Gasteiger partial charge in [-0.3, -0.25) is 9.80 Å². The van der Waals surface area contributed by atoms with E-state index in [9.17, 15) is 0 Å². The topological polar surface area (TPSA) is 56.3 Å². The van der Waals surface area contributed by atoms with Gasteiger partial charge < -0.3 is 4.52 Å². The van der Waals surface area contributed by atoms with E-state index in [0.717, 1.165) is 61.5 Å². The summed E-state index contributed by atoms with van der Waals surface area (Å²) in [7, 11) is 0. The van der Waals surface area contributed by atoms with E-state index < -0.39 is 0 Å². The van der Waals surface area contributed by atoms with Crippen LogP contribution in [0.4, 0.5) is 0 Å². The van der Waals surface area contributed by atoms with Gasteiger partial charge in [-0.05, 0) is 29.8 Å². The van der Waals surface area contributed by atoms with Crippen molar-refractivity contribution >= 4 is 11.0 Å². The molecule has 1 fully saturated rings. The van der Waals surface area contributed by atoms with Gasteiger partial charge in [0.15, 0.2) is 5.58 Å². The number of piperazine rings is 1.